The van der Waals surface area contributed by atoms with E-state index in [2.05, 4.69) is 9.47 Å². The monoisotopic (exact) mass is 516 g/mol. The third-order valence-corrected chi connectivity index (χ3v) is 3.76. The van der Waals surface area contributed by atoms with Gasteiger partial charge in [-0.1, -0.05) is 7.43 Å². The molecule has 0 heterocycles. The Labute approximate surface area is 196 Å². The Kier molecular flexibility index (Phi) is 10.5. The fraction of sp³-hybridized carbons (Fsp3) is 0.391. The van der Waals surface area contributed by atoms with Crippen molar-refractivity contribution in [2.75, 3.05) is 0 Å². The maximum Gasteiger partial charge on any atom is 0.316 e. The molecule has 2 rings (SSSR count). The Morgan fingerprint density at radius 3 is 0.914 bits per heavy atom. The topological polar surface area (TPSA) is 52.6 Å². The number of hydrogen-bond donors (Lipinski definition) is 0. The average Bonchev–Trinajstić information content (AvgIpc) is 2.70. The van der Waals surface area contributed by atoms with Crippen LogP contribution in [0.3, 0.4) is 0 Å². The highest BCUT2D eigenvalue weighted by molar-refractivity contribution is 5.78. The Morgan fingerprint density at radius 1 is 0.543 bits per heavy atom. The number of benzene rings is 2. The molecule has 0 saturated heterocycles. The van der Waals surface area contributed by atoms with Crippen LogP contribution in [-0.2, 0) is 9.59 Å². The van der Waals surface area contributed by atoms with Gasteiger partial charge in [0.25, 0.3) is 0 Å². The predicted molar refractivity (Wildman–Crippen MR) is 109 cm³/mol. The van der Waals surface area contributed by atoms with E-state index >= 15 is 0 Å². The van der Waals surface area contributed by atoms with Gasteiger partial charge < -0.3 is 9.47 Å². The van der Waals surface area contributed by atoms with Crippen LogP contribution in [0.2, 0.25) is 0 Å². The first-order valence-electron chi connectivity index (χ1n) is 9.39. The van der Waals surface area contributed by atoms with E-state index in [0.717, 1.165) is 0 Å². The van der Waals surface area contributed by atoms with E-state index < -0.39 is 80.8 Å². The van der Waals surface area contributed by atoms with Crippen LogP contribution in [0.15, 0.2) is 12.1 Å². The Balaban J connectivity index is 0.000000642. The predicted octanol–water partition coefficient (Wildman–Crippen LogP) is 7.03. The van der Waals surface area contributed by atoms with E-state index in [4.69, 9.17) is 0 Å². The molecule has 196 valence electrons. The van der Waals surface area contributed by atoms with E-state index in [1.807, 2.05) is 0 Å². The number of halogens is 8. The molecule has 4 nitrogen and oxygen atoms in total. The van der Waals surface area contributed by atoms with Crippen molar-refractivity contribution < 1.29 is 54.2 Å². The lowest BCUT2D eigenvalue weighted by atomic mass is 9.97. The molecular formula is C23H24F8O4. The summed E-state index contributed by atoms with van der Waals surface area (Å²) in [5, 5.41) is 0. The maximum atomic E-state index is 13.1. The van der Waals surface area contributed by atoms with E-state index in [9.17, 15) is 44.7 Å². The zero-order valence-electron chi connectivity index (χ0n) is 18.8. The normalized spacial score (nSPS) is 11.1. The van der Waals surface area contributed by atoms with Crippen molar-refractivity contribution in [1.82, 2.24) is 0 Å². The van der Waals surface area contributed by atoms with Gasteiger partial charge in [-0.15, -0.1) is 0 Å². The number of hydrogen-bond acceptors (Lipinski definition) is 4. The summed E-state index contributed by atoms with van der Waals surface area (Å²) in [6.45, 7) is 8.59. The lowest BCUT2D eigenvalue weighted by Gasteiger charge is -2.17. The molecule has 0 spiro atoms. The van der Waals surface area contributed by atoms with Gasteiger partial charge in [-0.25, -0.2) is 17.6 Å². The minimum absolute atomic E-state index is 0. The molecule has 0 saturated carbocycles. The number of rotatable bonds is 2. The summed E-state index contributed by atoms with van der Waals surface area (Å²) >= 11 is 0. The summed E-state index contributed by atoms with van der Waals surface area (Å²) in [5.74, 6) is -18.2. The van der Waals surface area contributed by atoms with Crippen LogP contribution in [0.25, 0.3) is 0 Å². The number of esters is 2. The SMILES string of the molecule is C.CC(C)(C)C(=O)Oc1c(F)c(F)cc(F)c1F.CC(C)(C)C(=O)Oc1c(F)c(F)cc(F)c1F. The van der Waals surface area contributed by atoms with E-state index in [0.29, 0.717) is 0 Å². The Bertz CT molecular complexity index is 963. The fourth-order valence-corrected chi connectivity index (χ4v) is 1.77. The first-order chi connectivity index (χ1) is 15.3. The largest absolute Gasteiger partial charge is 0.420 e. The summed E-state index contributed by atoms with van der Waals surface area (Å²) in [6, 6.07) is 0.0815. The second-order valence-electron chi connectivity index (χ2n) is 8.87. The van der Waals surface area contributed by atoms with Gasteiger partial charge >= 0.3 is 11.9 Å². The van der Waals surface area contributed by atoms with E-state index in [1.165, 1.54) is 41.5 Å². The summed E-state index contributed by atoms with van der Waals surface area (Å²) < 4.78 is 112. The first-order valence-corrected chi connectivity index (χ1v) is 9.39. The van der Waals surface area contributed by atoms with Gasteiger partial charge in [0.05, 0.1) is 10.8 Å². The number of ether oxygens (including phenoxy) is 2. The van der Waals surface area contributed by atoms with Gasteiger partial charge in [0.1, 0.15) is 0 Å². The van der Waals surface area contributed by atoms with Gasteiger partial charge in [-0.05, 0) is 41.5 Å². The summed E-state index contributed by atoms with van der Waals surface area (Å²) in [6.07, 6.45) is 0. The van der Waals surface area contributed by atoms with Crippen LogP contribution in [-0.4, -0.2) is 11.9 Å². The lowest BCUT2D eigenvalue weighted by Crippen LogP contribution is -2.26. The van der Waals surface area contributed by atoms with Gasteiger partial charge in [0.15, 0.2) is 23.3 Å². The smallest absolute Gasteiger partial charge is 0.316 e. The van der Waals surface area contributed by atoms with Gasteiger partial charge in [-0.3, -0.25) is 9.59 Å². The molecule has 0 atom stereocenters. The lowest BCUT2D eigenvalue weighted by molar-refractivity contribution is -0.144. The van der Waals surface area contributed by atoms with E-state index in [-0.39, 0.29) is 19.6 Å². The van der Waals surface area contributed by atoms with Crippen molar-refractivity contribution in [3.8, 4) is 11.5 Å². The highest BCUT2D eigenvalue weighted by Crippen LogP contribution is 2.30. The molecule has 2 aromatic rings. The van der Waals surface area contributed by atoms with Crippen LogP contribution < -0.4 is 9.47 Å². The molecule has 0 aliphatic carbocycles. The molecule has 12 heteroatoms. The van der Waals surface area contributed by atoms with Gasteiger partial charge in [-0.2, -0.15) is 17.6 Å². The third-order valence-electron chi connectivity index (χ3n) is 3.76. The molecule has 35 heavy (non-hydrogen) atoms. The van der Waals surface area contributed by atoms with Crippen LogP contribution in [0.1, 0.15) is 49.0 Å². The van der Waals surface area contributed by atoms with Crippen LogP contribution in [0, 0.1) is 57.4 Å². The maximum absolute atomic E-state index is 13.1. The Morgan fingerprint density at radius 2 is 0.743 bits per heavy atom. The highest BCUT2D eigenvalue weighted by Gasteiger charge is 2.30. The van der Waals surface area contributed by atoms with Crippen molar-refractivity contribution in [1.29, 1.82) is 0 Å². The van der Waals surface area contributed by atoms with E-state index in [1.54, 1.807) is 0 Å². The second kappa shape index (κ2) is 11.5. The van der Waals surface area contributed by atoms with Crippen LogP contribution >= 0.6 is 0 Å². The number of carbonyl (C=O) groups excluding carboxylic acids is 2. The molecule has 0 aromatic heterocycles. The van der Waals surface area contributed by atoms with Gasteiger partial charge in [0.2, 0.25) is 34.8 Å². The molecule has 0 bridgehead atoms. The summed E-state index contributed by atoms with van der Waals surface area (Å²) in [4.78, 5) is 22.7. The van der Waals surface area contributed by atoms with Crippen molar-refractivity contribution in [2.45, 2.75) is 49.0 Å². The molecule has 0 unspecified atom stereocenters. The zero-order chi connectivity index (χ0) is 26.8. The quantitative estimate of drug-likeness (QED) is 0.186. The summed E-state index contributed by atoms with van der Waals surface area (Å²) in [5.41, 5.74) is -2.11. The molecule has 0 radical (unpaired) electrons. The average molecular weight is 516 g/mol. The van der Waals surface area contributed by atoms with Crippen molar-refractivity contribution in [2.24, 2.45) is 10.8 Å². The zero-order valence-corrected chi connectivity index (χ0v) is 18.8. The second-order valence-corrected chi connectivity index (χ2v) is 8.87. The molecule has 0 aliphatic heterocycles. The number of carbonyl (C=O) groups is 2. The molecule has 0 amide bonds. The minimum Gasteiger partial charge on any atom is -0.420 e. The first kappa shape index (κ1) is 31.8. The Hall–Kier alpha value is -3.18. The minimum atomic E-state index is -1.73. The molecule has 0 N–H and O–H groups in total. The standard InChI is InChI=1S/2C11H10F4O2.CH4/c2*1-11(2,3)10(16)17-9-7(14)5(12)4-6(13)8(9)15;/h2*4H,1-3H3;1H4. The van der Waals surface area contributed by atoms with Gasteiger partial charge in [0, 0.05) is 12.1 Å². The van der Waals surface area contributed by atoms with Crippen molar-refractivity contribution in [3.05, 3.63) is 58.7 Å². The molecule has 2 aromatic carbocycles. The molecule has 0 aliphatic rings. The highest BCUT2D eigenvalue weighted by atomic mass is 19.2. The third kappa shape index (κ3) is 7.93. The van der Waals surface area contributed by atoms with Crippen LogP contribution in [0.4, 0.5) is 35.1 Å². The fourth-order valence-electron chi connectivity index (χ4n) is 1.77. The molecule has 0 fully saturated rings. The van der Waals surface area contributed by atoms with Crippen LogP contribution in [0.5, 0.6) is 11.5 Å². The van der Waals surface area contributed by atoms with Crippen molar-refractivity contribution >= 4 is 11.9 Å². The van der Waals surface area contributed by atoms with Crippen molar-refractivity contribution in [3.63, 3.8) is 0 Å². The molecular weight excluding hydrogens is 492 g/mol. The summed E-state index contributed by atoms with van der Waals surface area (Å²) in [7, 11) is 0.